The molecule has 14 heteroatoms. The van der Waals surface area contributed by atoms with Crippen LogP contribution in [0.3, 0.4) is 0 Å². The number of ether oxygens (including phenoxy) is 2. The largest absolute Gasteiger partial charge is 0.461 e. The molecule has 6 bridgehead atoms. The Kier molecular flexibility index (Phi) is 7.52. The van der Waals surface area contributed by atoms with Gasteiger partial charge in [-0.05, 0) is 98.3 Å². The first-order chi connectivity index (χ1) is 23.6. The number of alkyl carbamates (subject to hydrolysis) is 1. The van der Waals surface area contributed by atoms with Crippen LogP contribution in [0.4, 0.5) is 15.0 Å². The van der Waals surface area contributed by atoms with Crippen molar-refractivity contribution in [1.82, 2.24) is 35.4 Å². The van der Waals surface area contributed by atoms with E-state index in [0.717, 1.165) is 100 Å². The molecule has 1 saturated carbocycles. The van der Waals surface area contributed by atoms with E-state index in [1.165, 1.54) is 0 Å². The van der Waals surface area contributed by atoms with Gasteiger partial charge in [-0.1, -0.05) is 11.6 Å². The topological polar surface area (TPSA) is 121 Å². The number of H-pyrrole nitrogens is 1. The minimum atomic E-state index is -0.855. The van der Waals surface area contributed by atoms with Crippen LogP contribution < -0.4 is 15.0 Å². The number of amides is 1. The molecule has 0 spiro atoms. The molecule has 10 rings (SSSR count). The molecule has 11 nitrogen and oxygen atoms in total. The molecule has 0 unspecified atom stereocenters. The van der Waals surface area contributed by atoms with Crippen LogP contribution in [0, 0.1) is 12.8 Å². The maximum atomic E-state index is 14.6. The van der Waals surface area contributed by atoms with Gasteiger partial charge in [-0.2, -0.15) is 15.1 Å². The molecule has 2 N–H and O–H groups in total. The summed E-state index contributed by atoms with van der Waals surface area (Å²) in [6, 6.07) is 2.17. The van der Waals surface area contributed by atoms with Crippen molar-refractivity contribution in [2.24, 2.45) is 5.92 Å². The lowest BCUT2D eigenvalue weighted by Gasteiger charge is -2.41. The third-order valence-electron chi connectivity index (χ3n) is 11.6. The van der Waals surface area contributed by atoms with Crippen molar-refractivity contribution < 1.29 is 18.7 Å². The predicted molar refractivity (Wildman–Crippen MR) is 188 cm³/mol. The van der Waals surface area contributed by atoms with Crippen LogP contribution >= 0.6 is 27.5 Å². The van der Waals surface area contributed by atoms with E-state index in [4.69, 9.17) is 36.0 Å². The average molecular weight is 754 g/mol. The van der Waals surface area contributed by atoms with Crippen LogP contribution in [0.15, 0.2) is 16.9 Å². The molecule has 4 fully saturated rings. The first-order valence-electron chi connectivity index (χ1n) is 17.4. The standard InChI is InChI=1S/C35H39BrClFN8O3/c1-18-28-22-14-39-29(18)27-25(23(37)12-24-26(27)30(36)44-43-24)21-11-19(21)5-10-48-33(47)42-34(2)6-3-8-45(16-34)31(22)41-32(40-28)49-17-35-7-4-9-46(35)15-20(38)13-35/h12,14,19-21H,3-11,13,15-17H2,1-2H3,(H,42,47)(H,43,44)/t19-,20-,21+,34-,35+/m1/s1. The first kappa shape index (κ1) is 31.7. The number of nitrogens with zero attached hydrogens (tertiary/aromatic N) is 6. The van der Waals surface area contributed by atoms with Crippen LogP contribution in [0.2, 0.25) is 5.02 Å². The fourth-order valence-electron chi connectivity index (χ4n) is 9.15. The molecule has 3 saturated heterocycles. The number of pyridine rings is 1. The predicted octanol–water partition coefficient (Wildman–Crippen LogP) is 6.84. The molecule has 1 amide bonds. The van der Waals surface area contributed by atoms with E-state index >= 15 is 0 Å². The number of carbonyl (C=O) groups is 1. The van der Waals surface area contributed by atoms with Crippen molar-refractivity contribution in [3.8, 4) is 17.3 Å². The van der Waals surface area contributed by atoms with Gasteiger partial charge < -0.3 is 19.7 Å². The number of aromatic nitrogens is 5. The van der Waals surface area contributed by atoms with E-state index in [2.05, 4.69) is 48.2 Å². The highest BCUT2D eigenvalue weighted by molar-refractivity contribution is 9.10. The smallest absolute Gasteiger partial charge is 0.407 e. The lowest BCUT2D eigenvalue weighted by Crippen LogP contribution is -2.57. The number of fused-ring (bicyclic) bond motifs is 7. The van der Waals surface area contributed by atoms with Gasteiger partial charge in [0.25, 0.3) is 0 Å². The number of halogens is 3. The summed E-state index contributed by atoms with van der Waals surface area (Å²) >= 11 is 10.8. The number of rotatable bonds is 3. The normalized spacial score (nSPS) is 29.9. The van der Waals surface area contributed by atoms with Gasteiger partial charge in [0.05, 0.1) is 39.8 Å². The molecule has 258 valence electrons. The van der Waals surface area contributed by atoms with E-state index in [-0.39, 0.29) is 17.5 Å². The molecule has 1 aromatic carbocycles. The average Bonchev–Trinajstić information content (AvgIpc) is 3.38. The highest BCUT2D eigenvalue weighted by Crippen LogP contribution is 2.56. The number of carbonyl (C=O) groups excluding carboxylic acids is 1. The molecular weight excluding hydrogens is 715 g/mol. The summed E-state index contributed by atoms with van der Waals surface area (Å²) < 4.78 is 27.6. The fourth-order valence-corrected chi connectivity index (χ4v) is 9.98. The number of anilines is 1. The third kappa shape index (κ3) is 5.33. The van der Waals surface area contributed by atoms with Gasteiger partial charge in [0, 0.05) is 53.8 Å². The highest BCUT2D eigenvalue weighted by Gasteiger charge is 2.49. The van der Waals surface area contributed by atoms with Gasteiger partial charge in [-0.3, -0.25) is 15.0 Å². The molecule has 5 atom stereocenters. The molecule has 1 aliphatic carbocycles. The summed E-state index contributed by atoms with van der Waals surface area (Å²) in [6.45, 7) is 7.36. The Balaban J connectivity index is 1.23. The Morgan fingerprint density at radius 3 is 2.98 bits per heavy atom. The van der Waals surface area contributed by atoms with Gasteiger partial charge in [0.1, 0.15) is 23.2 Å². The minimum absolute atomic E-state index is 0.176. The summed E-state index contributed by atoms with van der Waals surface area (Å²) in [6.07, 6.45) is 6.30. The highest BCUT2D eigenvalue weighted by atomic mass is 79.9. The van der Waals surface area contributed by atoms with Crippen LogP contribution in [0.5, 0.6) is 6.01 Å². The lowest BCUT2D eigenvalue weighted by molar-refractivity contribution is 0.107. The van der Waals surface area contributed by atoms with Crippen LogP contribution in [-0.4, -0.2) is 92.8 Å². The lowest BCUT2D eigenvalue weighted by atomic mass is 9.91. The summed E-state index contributed by atoms with van der Waals surface area (Å²) in [4.78, 5) is 32.8. The minimum Gasteiger partial charge on any atom is -0.461 e. The molecule has 0 radical (unpaired) electrons. The number of aryl methyl sites for hydroxylation is 1. The third-order valence-corrected chi connectivity index (χ3v) is 12.5. The van der Waals surface area contributed by atoms with Crippen molar-refractivity contribution in [2.45, 2.75) is 82.0 Å². The van der Waals surface area contributed by atoms with Crippen molar-refractivity contribution >= 4 is 61.2 Å². The van der Waals surface area contributed by atoms with Gasteiger partial charge in [-0.25, -0.2) is 9.18 Å². The molecule has 4 aromatic rings. The van der Waals surface area contributed by atoms with E-state index in [9.17, 15) is 9.18 Å². The molecular formula is C35H39BrClFN8O3. The number of aromatic amines is 1. The number of alkyl halides is 1. The van der Waals surface area contributed by atoms with Crippen molar-refractivity contribution in [2.75, 3.05) is 44.3 Å². The Morgan fingerprint density at radius 2 is 2.10 bits per heavy atom. The second kappa shape index (κ2) is 11.6. The maximum absolute atomic E-state index is 14.6. The summed E-state index contributed by atoms with van der Waals surface area (Å²) in [5, 5.41) is 13.1. The van der Waals surface area contributed by atoms with E-state index in [1.807, 2.05) is 19.2 Å². The fraction of sp³-hybridized carbons (Fsp3) is 0.571. The number of hydrogen-bond donors (Lipinski definition) is 2. The zero-order chi connectivity index (χ0) is 33.7. The van der Waals surface area contributed by atoms with Crippen LogP contribution in [0.25, 0.3) is 33.1 Å². The second-order valence-corrected chi connectivity index (χ2v) is 16.2. The number of nitrogens with one attached hydrogen (secondary N) is 2. The first-order valence-corrected chi connectivity index (χ1v) is 18.5. The maximum Gasteiger partial charge on any atom is 0.407 e. The zero-order valence-corrected chi connectivity index (χ0v) is 30.0. The molecule has 6 aliphatic rings. The van der Waals surface area contributed by atoms with Gasteiger partial charge in [-0.15, -0.1) is 0 Å². The SMILES string of the molecule is Cc1c2ncc3c(nc(OC[C@@]45CCCN4C[C@H](F)C5)nc13)N1CCC[C@](C)(C1)NC(=O)OCC[C@@H]1C[C@@H]1c1c(Cl)cc3n[nH]c(Br)c3c1-2. The Labute approximate surface area is 296 Å². The number of benzene rings is 1. The van der Waals surface area contributed by atoms with Gasteiger partial charge >= 0.3 is 12.1 Å². The zero-order valence-electron chi connectivity index (χ0n) is 27.6. The van der Waals surface area contributed by atoms with Gasteiger partial charge in [0.15, 0.2) is 0 Å². The summed E-state index contributed by atoms with van der Waals surface area (Å²) in [5.41, 5.74) is 4.20. The molecule has 49 heavy (non-hydrogen) atoms. The molecule has 5 aliphatic heterocycles. The number of hydrogen-bond acceptors (Lipinski definition) is 9. The summed E-state index contributed by atoms with van der Waals surface area (Å²) in [5.74, 6) is 1.19. The Morgan fingerprint density at radius 1 is 1.24 bits per heavy atom. The van der Waals surface area contributed by atoms with Gasteiger partial charge in [0.2, 0.25) is 0 Å². The Bertz CT molecular complexity index is 2010. The molecule has 8 heterocycles. The van der Waals surface area contributed by atoms with Crippen molar-refractivity contribution in [3.05, 3.63) is 33.0 Å². The summed E-state index contributed by atoms with van der Waals surface area (Å²) in [7, 11) is 0. The van der Waals surface area contributed by atoms with E-state index < -0.39 is 17.8 Å². The van der Waals surface area contributed by atoms with Crippen molar-refractivity contribution in [1.29, 1.82) is 0 Å². The quantitative estimate of drug-likeness (QED) is 0.232. The van der Waals surface area contributed by atoms with Crippen LogP contribution in [-0.2, 0) is 4.74 Å². The van der Waals surface area contributed by atoms with Crippen LogP contribution in [0.1, 0.15) is 68.9 Å². The van der Waals surface area contributed by atoms with Crippen molar-refractivity contribution in [3.63, 3.8) is 0 Å². The molecule has 3 aromatic heterocycles. The van der Waals surface area contributed by atoms with E-state index in [0.29, 0.717) is 49.5 Å². The Hall–Kier alpha value is -3.29. The van der Waals surface area contributed by atoms with E-state index in [1.54, 1.807) is 0 Å². The number of piperidine rings is 1. The second-order valence-electron chi connectivity index (χ2n) is 15.0. The monoisotopic (exact) mass is 752 g/mol.